The van der Waals surface area contributed by atoms with Crippen LogP contribution in [-0.4, -0.2) is 27.5 Å². The minimum Gasteiger partial charge on any atom is -0.337 e. The lowest BCUT2D eigenvalue weighted by Gasteiger charge is -2.36. The average molecular weight is 382 g/mol. The summed E-state index contributed by atoms with van der Waals surface area (Å²) >= 11 is 0. The number of carbonyl (C=O) groups is 1. The van der Waals surface area contributed by atoms with Gasteiger partial charge in [-0.3, -0.25) is 4.79 Å². The molecule has 150 valence electrons. The lowest BCUT2D eigenvalue weighted by molar-refractivity contribution is -0.141. The zero-order valence-electron chi connectivity index (χ0n) is 16.7. The highest BCUT2D eigenvalue weighted by molar-refractivity contribution is 5.79. The summed E-state index contributed by atoms with van der Waals surface area (Å²) in [5.41, 5.74) is 1.34. The van der Waals surface area contributed by atoms with Gasteiger partial charge >= 0.3 is 0 Å². The fourth-order valence-electron chi connectivity index (χ4n) is 4.64. The molecule has 1 saturated carbocycles. The van der Waals surface area contributed by atoms with E-state index in [-0.39, 0.29) is 12.0 Å². The molecule has 1 unspecified atom stereocenters. The molecule has 2 aromatic rings. The van der Waals surface area contributed by atoms with Gasteiger partial charge in [-0.15, -0.1) is 0 Å². The van der Waals surface area contributed by atoms with Gasteiger partial charge in [-0.05, 0) is 50.5 Å². The highest BCUT2D eigenvalue weighted by Crippen LogP contribution is 2.34. The number of benzene rings is 1. The molecule has 0 spiro atoms. The molecule has 2 fully saturated rings. The summed E-state index contributed by atoms with van der Waals surface area (Å²) in [4.78, 5) is 19.8. The number of aromatic nitrogens is 2. The summed E-state index contributed by atoms with van der Waals surface area (Å²) in [6, 6.07) is 10.5. The van der Waals surface area contributed by atoms with E-state index in [1.807, 2.05) is 11.0 Å². The molecule has 1 amide bonds. The molecule has 0 radical (unpaired) electrons. The topological polar surface area (TPSA) is 59.2 Å². The number of piperidine rings is 1. The predicted molar refractivity (Wildman–Crippen MR) is 108 cm³/mol. The van der Waals surface area contributed by atoms with Crippen LogP contribution in [0.1, 0.15) is 81.1 Å². The standard InChI is InChI=1S/C23H31N3O2/c27-23(19-13-5-2-6-14-19)26-17-8-7-15-20(26)22-24-21(25-28-22)16-9-12-18-10-3-1-4-11-18/h1,3-4,10-11,19-20H,2,5-9,12-17H2. The normalized spacial score (nSPS) is 21.0. The summed E-state index contributed by atoms with van der Waals surface area (Å²) in [5.74, 6) is 1.91. The third kappa shape index (κ3) is 4.62. The summed E-state index contributed by atoms with van der Waals surface area (Å²) in [7, 11) is 0. The van der Waals surface area contributed by atoms with Gasteiger partial charge < -0.3 is 9.42 Å². The molecule has 0 bridgehead atoms. The molecule has 1 atom stereocenters. The van der Waals surface area contributed by atoms with Crippen LogP contribution in [0.2, 0.25) is 0 Å². The van der Waals surface area contributed by atoms with Gasteiger partial charge in [0.25, 0.3) is 0 Å². The van der Waals surface area contributed by atoms with Crippen LogP contribution in [0.3, 0.4) is 0 Å². The van der Waals surface area contributed by atoms with Crippen LogP contribution in [0.4, 0.5) is 0 Å². The van der Waals surface area contributed by atoms with Crippen molar-refractivity contribution in [1.82, 2.24) is 15.0 Å². The molecule has 5 nitrogen and oxygen atoms in total. The second-order valence-electron chi connectivity index (χ2n) is 8.27. The Kier molecular flexibility index (Phi) is 6.40. The first kappa shape index (κ1) is 19.2. The Balaban J connectivity index is 1.37. The van der Waals surface area contributed by atoms with E-state index < -0.39 is 0 Å². The molecular weight excluding hydrogens is 350 g/mol. The monoisotopic (exact) mass is 381 g/mol. The zero-order chi connectivity index (χ0) is 19.2. The lowest BCUT2D eigenvalue weighted by Crippen LogP contribution is -2.42. The number of aryl methyl sites for hydroxylation is 2. The van der Waals surface area contributed by atoms with E-state index in [9.17, 15) is 4.79 Å². The largest absolute Gasteiger partial charge is 0.337 e. The molecule has 2 heterocycles. The second kappa shape index (κ2) is 9.35. The number of carbonyl (C=O) groups excluding carboxylic acids is 1. The van der Waals surface area contributed by atoms with Crippen LogP contribution >= 0.6 is 0 Å². The minimum atomic E-state index is -0.0291. The van der Waals surface area contributed by atoms with Crippen LogP contribution < -0.4 is 0 Å². The third-order valence-corrected chi connectivity index (χ3v) is 6.22. The van der Waals surface area contributed by atoms with Crippen molar-refractivity contribution >= 4 is 5.91 Å². The third-order valence-electron chi connectivity index (χ3n) is 6.22. The average Bonchev–Trinajstić information content (AvgIpc) is 3.23. The molecule has 5 heteroatoms. The summed E-state index contributed by atoms with van der Waals surface area (Å²) in [5, 5.41) is 4.20. The Morgan fingerprint density at radius 1 is 1.00 bits per heavy atom. The van der Waals surface area contributed by atoms with Crippen molar-refractivity contribution in [3.05, 3.63) is 47.6 Å². The Morgan fingerprint density at radius 3 is 2.61 bits per heavy atom. The molecule has 1 aliphatic carbocycles. The predicted octanol–water partition coefficient (Wildman–Crippen LogP) is 4.88. The molecule has 1 saturated heterocycles. The number of hydrogen-bond donors (Lipinski definition) is 0. The van der Waals surface area contributed by atoms with E-state index >= 15 is 0 Å². The zero-order valence-corrected chi connectivity index (χ0v) is 16.7. The first-order valence-electron chi connectivity index (χ1n) is 11.0. The quantitative estimate of drug-likeness (QED) is 0.715. The van der Waals surface area contributed by atoms with E-state index in [1.165, 1.54) is 24.8 Å². The van der Waals surface area contributed by atoms with Crippen molar-refractivity contribution < 1.29 is 9.32 Å². The number of likely N-dealkylation sites (tertiary alicyclic amines) is 1. The maximum absolute atomic E-state index is 13.1. The van der Waals surface area contributed by atoms with Crippen LogP contribution in [0.5, 0.6) is 0 Å². The van der Waals surface area contributed by atoms with E-state index in [4.69, 9.17) is 4.52 Å². The van der Waals surface area contributed by atoms with Gasteiger partial charge in [-0.2, -0.15) is 4.98 Å². The molecule has 1 aromatic carbocycles. The molecule has 1 aromatic heterocycles. The maximum Gasteiger partial charge on any atom is 0.249 e. The van der Waals surface area contributed by atoms with Crippen molar-refractivity contribution in [2.45, 2.75) is 76.7 Å². The summed E-state index contributed by atoms with van der Waals surface area (Å²) in [6.45, 7) is 0.825. The first-order chi connectivity index (χ1) is 13.8. The number of nitrogens with zero attached hydrogens (tertiary/aromatic N) is 3. The van der Waals surface area contributed by atoms with Gasteiger partial charge in [0.05, 0.1) is 0 Å². The van der Waals surface area contributed by atoms with Gasteiger partial charge in [0.15, 0.2) is 5.82 Å². The molecule has 1 aliphatic heterocycles. The Bertz CT molecular complexity index is 752. The van der Waals surface area contributed by atoms with E-state index in [0.717, 1.165) is 63.7 Å². The van der Waals surface area contributed by atoms with E-state index in [0.29, 0.717) is 11.8 Å². The Labute approximate surface area is 167 Å². The fraction of sp³-hybridized carbons (Fsp3) is 0.609. The maximum atomic E-state index is 13.1. The molecule has 2 aliphatic rings. The number of rotatable bonds is 6. The van der Waals surface area contributed by atoms with E-state index in [1.54, 1.807) is 0 Å². The van der Waals surface area contributed by atoms with Crippen LogP contribution in [0.25, 0.3) is 0 Å². The smallest absolute Gasteiger partial charge is 0.249 e. The Morgan fingerprint density at radius 2 is 1.79 bits per heavy atom. The van der Waals surface area contributed by atoms with Crippen molar-refractivity contribution in [3.8, 4) is 0 Å². The van der Waals surface area contributed by atoms with E-state index in [2.05, 4.69) is 34.4 Å². The summed E-state index contributed by atoms with van der Waals surface area (Å²) < 4.78 is 5.62. The van der Waals surface area contributed by atoms with Gasteiger partial charge in [0, 0.05) is 18.9 Å². The van der Waals surface area contributed by atoms with Gasteiger partial charge in [-0.1, -0.05) is 54.8 Å². The first-order valence-corrected chi connectivity index (χ1v) is 11.0. The highest BCUT2D eigenvalue weighted by Gasteiger charge is 2.35. The van der Waals surface area contributed by atoms with Crippen molar-refractivity contribution in [2.75, 3.05) is 6.54 Å². The van der Waals surface area contributed by atoms with Gasteiger partial charge in [0.2, 0.25) is 11.8 Å². The molecule has 4 rings (SSSR count). The van der Waals surface area contributed by atoms with Crippen LogP contribution in [-0.2, 0) is 17.6 Å². The molecule has 0 N–H and O–H groups in total. The van der Waals surface area contributed by atoms with Gasteiger partial charge in [-0.25, -0.2) is 0 Å². The van der Waals surface area contributed by atoms with Crippen molar-refractivity contribution in [2.24, 2.45) is 5.92 Å². The Hall–Kier alpha value is -2.17. The lowest BCUT2D eigenvalue weighted by atomic mass is 9.87. The number of hydrogen-bond acceptors (Lipinski definition) is 4. The van der Waals surface area contributed by atoms with Crippen LogP contribution in [0.15, 0.2) is 34.9 Å². The highest BCUT2D eigenvalue weighted by atomic mass is 16.5. The SMILES string of the molecule is O=C(C1CCCCC1)N1CCCCC1c1nc(CCCc2ccccc2)no1. The molecule has 28 heavy (non-hydrogen) atoms. The molecular formula is C23H31N3O2. The fourth-order valence-corrected chi connectivity index (χ4v) is 4.64. The van der Waals surface area contributed by atoms with Crippen molar-refractivity contribution in [3.63, 3.8) is 0 Å². The second-order valence-corrected chi connectivity index (χ2v) is 8.27. The number of amides is 1. The van der Waals surface area contributed by atoms with Gasteiger partial charge in [0.1, 0.15) is 6.04 Å². The minimum absolute atomic E-state index is 0.0291. The van der Waals surface area contributed by atoms with Crippen molar-refractivity contribution in [1.29, 1.82) is 0 Å². The summed E-state index contributed by atoms with van der Waals surface area (Å²) in [6.07, 6.45) is 11.7. The van der Waals surface area contributed by atoms with Crippen LogP contribution in [0, 0.1) is 5.92 Å².